The monoisotopic (exact) mass is 431 g/mol. The smallest absolute Gasteiger partial charge is 0.241 e. The van der Waals surface area contributed by atoms with Crippen molar-refractivity contribution in [3.8, 4) is 0 Å². The molecule has 0 saturated carbocycles. The summed E-state index contributed by atoms with van der Waals surface area (Å²) >= 11 is 6.45. The van der Waals surface area contributed by atoms with Gasteiger partial charge in [0, 0.05) is 5.56 Å². The Balaban J connectivity index is 1.98. The first-order valence-electron chi connectivity index (χ1n) is 8.86. The van der Waals surface area contributed by atoms with Gasteiger partial charge in [-0.2, -0.15) is 0 Å². The SMILES string of the molecule is Cc1ccc(S(=O)(=O)N[C@H](c2ccc(F)cc2)[C@@H](Cl)C(=O)c2ccccc2)cc1. The Morgan fingerprint density at radius 3 is 2.10 bits per heavy atom. The number of alkyl halides is 1. The van der Waals surface area contributed by atoms with E-state index in [0.717, 1.165) is 5.56 Å². The molecule has 150 valence electrons. The maximum Gasteiger partial charge on any atom is 0.241 e. The molecule has 0 heterocycles. The van der Waals surface area contributed by atoms with Gasteiger partial charge in [-0.3, -0.25) is 4.79 Å². The van der Waals surface area contributed by atoms with E-state index in [0.29, 0.717) is 11.1 Å². The lowest BCUT2D eigenvalue weighted by molar-refractivity contribution is 0.0977. The Morgan fingerprint density at radius 1 is 0.931 bits per heavy atom. The molecule has 0 amide bonds. The van der Waals surface area contributed by atoms with Crippen LogP contribution in [0, 0.1) is 12.7 Å². The lowest BCUT2D eigenvalue weighted by Gasteiger charge is -2.23. The van der Waals surface area contributed by atoms with Crippen molar-refractivity contribution in [1.29, 1.82) is 0 Å². The lowest BCUT2D eigenvalue weighted by atomic mass is 9.98. The van der Waals surface area contributed by atoms with E-state index in [4.69, 9.17) is 11.6 Å². The van der Waals surface area contributed by atoms with Crippen LogP contribution in [-0.4, -0.2) is 19.6 Å². The molecule has 3 rings (SSSR count). The van der Waals surface area contributed by atoms with E-state index >= 15 is 0 Å². The molecule has 3 aromatic carbocycles. The van der Waals surface area contributed by atoms with Crippen LogP contribution in [-0.2, 0) is 10.0 Å². The van der Waals surface area contributed by atoms with Crippen molar-refractivity contribution in [2.75, 3.05) is 0 Å². The molecule has 3 aromatic rings. The van der Waals surface area contributed by atoms with Crippen molar-refractivity contribution in [2.45, 2.75) is 23.2 Å². The number of benzene rings is 3. The number of carbonyl (C=O) groups is 1. The summed E-state index contributed by atoms with van der Waals surface area (Å²) < 4.78 is 41.7. The number of rotatable bonds is 7. The van der Waals surface area contributed by atoms with E-state index in [1.807, 2.05) is 6.92 Å². The molecule has 0 bridgehead atoms. The van der Waals surface area contributed by atoms with Crippen LogP contribution in [0.25, 0.3) is 0 Å². The molecule has 1 N–H and O–H groups in total. The standard InChI is InChI=1S/C22H19ClFNO3S/c1-15-7-13-19(14-8-15)29(27,28)25-21(16-9-11-18(24)12-10-16)20(23)22(26)17-5-3-2-4-6-17/h2-14,20-21,25H,1H3/t20-,21-/m1/s1. The third-order valence-electron chi connectivity index (χ3n) is 4.44. The molecule has 0 aromatic heterocycles. The summed E-state index contributed by atoms with van der Waals surface area (Å²) in [5, 5.41) is -1.23. The molecule has 29 heavy (non-hydrogen) atoms. The first kappa shape index (κ1) is 21.2. The third kappa shape index (κ3) is 5.09. The maximum absolute atomic E-state index is 13.4. The molecule has 0 radical (unpaired) electrons. The van der Waals surface area contributed by atoms with Gasteiger partial charge in [-0.1, -0.05) is 60.2 Å². The van der Waals surface area contributed by atoms with Gasteiger partial charge in [0.25, 0.3) is 0 Å². The Morgan fingerprint density at radius 2 is 1.52 bits per heavy atom. The highest BCUT2D eigenvalue weighted by atomic mass is 35.5. The molecule has 4 nitrogen and oxygen atoms in total. The van der Waals surface area contributed by atoms with Gasteiger partial charge in [0.15, 0.2) is 5.78 Å². The average molecular weight is 432 g/mol. The van der Waals surface area contributed by atoms with E-state index in [1.54, 1.807) is 42.5 Å². The number of nitrogens with one attached hydrogen (secondary N) is 1. The summed E-state index contributed by atoms with van der Waals surface area (Å²) in [4.78, 5) is 12.9. The average Bonchev–Trinajstić information content (AvgIpc) is 2.73. The van der Waals surface area contributed by atoms with E-state index in [9.17, 15) is 17.6 Å². The summed E-state index contributed by atoms with van der Waals surface area (Å²) in [6.07, 6.45) is 0. The number of hydrogen-bond donors (Lipinski definition) is 1. The number of Topliss-reactive ketones (excluding diaryl/α,β-unsaturated/α-hetero) is 1. The zero-order valence-corrected chi connectivity index (χ0v) is 17.1. The minimum atomic E-state index is -3.98. The van der Waals surface area contributed by atoms with Gasteiger partial charge >= 0.3 is 0 Å². The van der Waals surface area contributed by atoms with Crippen LogP contribution in [0.15, 0.2) is 83.8 Å². The van der Waals surface area contributed by atoms with Crippen LogP contribution in [0.5, 0.6) is 0 Å². The molecule has 0 aliphatic carbocycles. The summed E-state index contributed by atoms with van der Waals surface area (Å²) in [6.45, 7) is 1.85. The highest BCUT2D eigenvalue weighted by Gasteiger charge is 2.32. The molecule has 0 fully saturated rings. The van der Waals surface area contributed by atoms with Crippen molar-refractivity contribution in [1.82, 2.24) is 4.72 Å². The first-order valence-corrected chi connectivity index (χ1v) is 10.8. The second-order valence-electron chi connectivity index (χ2n) is 6.60. The van der Waals surface area contributed by atoms with Gasteiger partial charge in [-0.25, -0.2) is 17.5 Å². The molecule has 0 saturated heterocycles. The van der Waals surface area contributed by atoms with Crippen LogP contribution < -0.4 is 4.72 Å². The molecular weight excluding hydrogens is 413 g/mol. The minimum Gasteiger partial charge on any atom is -0.292 e. The van der Waals surface area contributed by atoms with Crippen LogP contribution >= 0.6 is 11.6 Å². The second kappa shape index (κ2) is 8.86. The molecular formula is C22H19ClFNO3S. The molecule has 0 aliphatic rings. The molecule has 0 unspecified atom stereocenters. The quantitative estimate of drug-likeness (QED) is 0.437. The Labute approximate surface area is 174 Å². The lowest BCUT2D eigenvalue weighted by Crippen LogP contribution is -2.37. The fourth-order valence-electron chi connectivity index (χ4n) is 2.83. The fourth-order valence-corrected chi connectivity index (χ4v) is 4.48. The zero-order valence-electron chi connectivity index (χ0n) is 15.5. The Bertz CT molecular complexity index is 1090. The van der Waals surface area contributed by atoms with E-state index in [2.05, 4.69) is 4.72 Å². The van der Waals surface area contributed by atoms with Gasteiger partial charge < -0.3 is 0 Å². The van der Waals surface area contributed by atoms with E-state index in [-0.39, 0.29) is 4.90 Å². The zero-order chi connectivity index (χ0) is 21.0. The summed E-state index contributed by atoms with van der Waals surface area (Å²) in [5.74, 6) is -0.914. The van der Waals surface area contributed by atoms with Crippen molar-refractivity contribution >= 4 is 27.4 Å². The topological polar surface area (TPSA) is 63.2 Å². The highest BCUT2D eigenvalue weighted by Crippen LogP contribution is 2.27. The first-order chi connectivity index (χ1) is 13.8. The third-order valence-corrected chi connectivity index (χ3v) is 6.35. The predicted octanol–water partition coefficient (Wildman–Crippen LogP) is 4.64. The summed E-state index contributed by atoms with van der Waals surface area (Å²) in [6, 6.07) is 18.8. The van der Waals surface area contributed by atoms with E-state index in [1.165, 1.54) is 36.4 Å². The molecule has 0 spiro atoms. The molecule has 7 heteroatoms. The minimum absolute atomic E-state index is 0.0474. The number of ketones is 1. The Hall–Kier alpha value is -2.54. The highest BCUT2D eigenvalue weighted by molar-refractivity contribution is 7.89. The van der Waals surface area contributed by atoms with Crippen LogP contribution in [0.4, 0.5) is 4.39 Å². The molecule has 0 aliphatic heterocycles. The second-order valence-corrected chi connectivity index (χ2v) is 8.78. The number of carbonyl (C=O) groups excluding carboxylic acids is 1. The van der Waals surface area contributed by atoms with Crippen molar-refractivity contribution in [2.24, 2.45) is 0 Å². The van der Waals surface area contributed by atoms with Crippen LogP contribution in [0.1, 0.15) is 27.5 Å². The normalized spacial score (nSPS) is 13.6. The van der Waals surface area contributed by atoms with Gasteiger partial charge in [0.05, 0.1) is 10.9 Å². The predicted molar refractivity (Wildman–Crippen MR) is 111 cm³/mol. The Kier molecular flexibility index (Phi) is 6.47. The number of hydrogen-bond acceptors (Lipinski definition) is 3. The van der Waals surface area contributed by atoms with Crippen molar-refractivity contribution in [3.63, 3.8) is 0 Å². The fraction of sp³-hybridized carbons (Fsp3) is 0.136. The van der Waals surface area contributed by atoms with Gasteiger partial charge in [0.1, 0.15) is 11.2 Å². The number of sulfonamides is 1. The number of aryl methyl sites for hydroxylation is 1. The van der Waals surface area contributed by atoms with Crippen molar-refractivity contribution in [3.05, 3.63) is 101 Å². The maximum atomic E-state index is 13.4. The number of halogens is 2. The van der Waals surface area contributed by atoms with E-state index < -0.39 is 33.0 Å². The largest absolute Gasteiger partial charge is 0.292 e. The van der Waals surface area contributed by atoms with Gasteiger partial charge in [-0.15, -0.1) is 11.6 Å². The summed E-state index contributed by atoms with van der Waals surface area (Å²) in [7, 11) is -3.98. The van der Waals surface area contributed by atoms with Crippen LogP contribution in [0.2, 0.25) is 0 Å². The molecule has 2 atom stereocenters. The van der Waals surface area contributed by atoms with Crippen LogP contribution in [0.3, 0.4) is 0 Å². The van der Waals surface area contributed by atoms with Gasteiger partial charge in [0.2, 0.25) is 10.0 Å². The van der Waals surface area contributed by atoms with Crippen molar-refractivity contribution < 1.29 is 17.6 Å². The summed E-state index contributed by atoms with van der Waals surface area (Å²) in [5.41, 5.74) is 1.65. The van der Waals surface area contributed by atoms with Gasteiger partial charge in [-0.05, 0) is 36.8 Å².